The summed E-state index contributed by atoms with van der Waals surface area (Å²) in [6.45, 7) is 1.15. The van der Waals surface area contributed by atoms with Crippen LogP contribution in [-0.2, 0) is 14.9 Å². The van der Waals surface area contributed by atoms with Gasteiger partial charge in [-0.05, 0) is 36.6 Å². The summed E-state index contributed by atoms with van der Waals surface area (Å²) in [5.74, 6) is 0.568. The fraction of sp³-hybridized carbons (Fsp3) is 0.316. The number of nitrogens with two attached hydrogens (primary N) is 1. The van der Waals surface area contributed by atoms with Gasteiger partial charge in [-0.15, -0.1) is 12.4 Å². The number of hydrogen-bond donors (Lipinski definition) is 2. The first-order chi connectivity index (χ1) is 11.7. The largest absolute Gasteiger partial charge is 0.495 e. The molecule has 5 nitrogen and oxygen atoms in total. The standard InChI is InChI=1S/C19H22N2O3.ClH/c1-23-17-8-7-15(13-16(17)20)21-18(22)19(9-11-24-12-10-19)14-5-3-2-4-6-14;/h2-8,13H,9-12,20H2,1H3,(H,21,22);1H. The highest BCUT2D eigenvalue weighted by Gasteiger charge is 2.41. The third-order valence-corrected chi connectivity index (χ3v) is 4.59. The molecule has 1 saturated heterocycles. The molecule has 0 saturated carbocycles. The van der Waals surface area contributed by atoms with Gasteiger partial charge in [-0.3, -0.25) is 4.79 Å². The molecular formula is C19H23ClN2O3. The van der Waals surface area contributed by atoms with Crippen LogP contribution < -0.4 is 15.8 Å². The first-order valence-corrected chi connectivity index (χ1v) is 8.04. The monoisotopic (exact) mass is 362 g/mol. The zero-order valence-electron chi connectivity index (χ0n) is 14.2. The molecule has 2 aromatic carbocycles. The van der Waals surface area contributed by atoms with Crippen LogP contribution in [0.15, 0.2) is 48.5 Å². The molecule has 134 valence electrons. The van der Waals surface area contributed by atoms with E-state index in [-0.39, 0.29) is 18.3 Å². The smallest absolute Gasteiger partial charge is 0.235 e. The van der Waals surface area contributed by atoms with E-state index in [1.54, 1.807) is 25.3 Å². The van der Waals surface area contributed by atoms with Crippen LogP contribution in [0.4, 0.5) is 11.4 Å². The molecule has 0 aromatic heterocycles. The lowest BCUT2D eigenvalue weighted by molar-refractivity contribution is -0.125. The average molecular weight is 363 g/mol. The summed E-state index contributed by atoms with van der Waals surface area (Å²) in [5, 5.41) is 3.01. The van der Waals surface area contributed by atoms with Gasteiger partial charge in [0.2, 0.25) is 5.91 Å². The van der Waals surface area contributed by atoms with Crippen LogP contribution in [0.1, 0.15) is 18.4 Å². The average Bonchev–Trinajstić information content (AvgIpc) is 2.63. The summed E-state index contributed by atoms with van der Waals surface area (Å²) in [6, 6.07) is 15.2. The van der Waals surface area contributed by atoms with Crippen molar-refractivity contribution >= 4 is 29.7 Å². The van der Waals surface area contributed by atoms with Crippen LogP contribution in [0.5, 0.6) is 5.75 Å². The van der Waals surface area contributed by atoms with Gasteiger partial charge < -0.3 is 20.5 Å². The lowest BCUT2D eigenvalue weighted by atomic mass is 9.73. The lowest BCUT2D eigenvalue weighted by Gasteiger charge is -2.36. The number of ether oxygens (including phenoxy) is 2. The third kappa shape index (κ3) is 3.89. The van der Waals surface area contributed by atoms with Crippen molar-refractivity contribution in [1.29, 1.82) is 0 Å². The third-order valence-electron chi connectivity index (χ3n) is 4.59. The SMILES string of the molecule is COc1ccc(NC(=O)C2(c3ccccc3)CCOCC2)cc1N.Cl. The van der Waals surface area contributed by atoms with Crippen LogP contribution in [0.2, 0.25) is 0 Å². The molecule has 1 amide bonds. The van der Waals surface area contributed by atoms with Gasteiger partial charge in [0.05, 0.1) is 18.2 Å². The maximum Gasteiger partial charge on any atom is 0.235 e. The van der Waals surface area contributed by atoms with Gasteiger partial charge in [-0.1, -0.05) is 30.3 Å². The molecule has 1 fully saturated rings. The molecule has 0 bridgehead atoms. The number of nitrogen functional groups attached to an aromatic ring is 1. The van der Waals surface area contributed by atoms with Crippen molar-refractivity contribution in [3.05, 3.63) is 54.1 Å². The second-order valence-corrected chi connectivity index (χ2v) is 5.97. The Balaban J connectivity index is 0.00000225. The molecule has 0 aliphatic carbocycles. The molecule has 25 heavy (non-hydrogen) atoms. The van der Waals surface area contributed by atoms with Crippen LogP contribution in [0.25, 0.3) is 0 Å². The number of hydrogen-bond acceptors (Lipinski definition) is 4. The van der Waals surface area contributed by atoms with Gasteiger partial charge in [0.15, 0.2) is 0 Å². The van der Waals surface area contributed by atoms with Gasteiger partial charge >= 0.3 is 0 Å². The fourth-order valence-electron chi connectivity index (χ4n) is 3.19. The molecule has 3 rings (SSSR count). The minimum atomic E-state index is -0.575. The summed E-state index contributed by atoms with van der Waals surface area (Å²) in [4.78, 5) is 13.1. The van der Waals surface area contributed by atoms with E-state index < -0.39 is 5.41 Å². The Bertz CT molecular complexity index is 716. The van der Waals surface area contributed by atoms with Gasteiger partial charge in [-0.25, -0.2) is 0 Å². The molecule has 0 atom stereocenters. The highest BCUT2D eigenvalue weighted by molar-refractivity contribution is 5.99. The zero-order chi connectivity index (χ0) is 17.0. The first-order valence-electron chi connectivity index (χ1n) is 8.04. The second-order valence-electron chi connectivity index (χ2n) is 5.97. The number of nitrogens with one attached hydrogen (secondary N) is 1. The van der Waals surface area contributed by atoms with Crippen LogP contribution in [0, 0.1) is 0 Å². The van der Waals surface area contributed by atoms with Crippen LogP contribution in [0.3, 0.4) is 0 Å². The Morgan fingerprint density at radius 1 is 1.16 bits per heavy atom. The lowest BCUT2D eigenvalue weighted by Crippen LogP contribution is -2.44. The van der Waals surface area contributed by atoms with E-state index in [1.807, 2.05) is 30.3 Å². The molecule has 2 aromatic rings. The van der Waals surface area contributed by atoms with Crippen molar-refractivity contribution in [2.75, 3.05) is 31.4 Å². The molecule has 3 N–H and O–H groups in total. The molecule has 0 radical (unpaired) electrons. The summed E-state index contributed by atoms with van der Waals surface area (Å²) in [7, 11) is 1.57. The Morgan fingerprint density at radius 2 is 1.84 bits per heavy atom. The molecule has 0 spiro atoms. The predicted octanol–water partition coefficient (Wildman–Crippen LogP) is 3.39. The summed E-state index contributed by atoms with van der Waals surface area (Å²) in [5.41, 5.74) is 7.54. The molecular weight excluding hydrogens is 340 g/mol. The number of anilines is 2. The van der Waals surface area contributed by atoms with E-state index in [9.17, 15) is 4.79 Å². The number of carbonyl (C=O) groups excluding carboxylic acids is 1. The predicted molar refractivity (Wildman–Crippen MR) is 101 cm³/mol. The van der Waals surface area contributed by atoms with Crippen LogP contribution in [-0.4, -0.2) is 26.2 Å². The normalized spacial score (nSPS) is 15.7. The van der Waals surface area contributed by atoms with E-state index in [0.29, 0.717) is 43.2 Å². The highest BCUT2D eigenvalue weighted by atomic mass is 35.5. The van der Waals surface area contributed by atoms with Gasteiger partial charge in [0.1, 0.15) is 5.75 Å². The van der Waals surface area contributed by atoms with E-state index in [4.69, 9.17) is 15.2 Å². The topological polar surface area (TPSA) is 73.6 Å². The first kappa shape index (κ1) is 19.1. The maximum atomic E-state index is 13.1. The van der Waals surface area contributed by atoms with Crippen molar-refractivity contribution in [2.24, 2.45) is 0 Å². The van der Waals surface area contributed by atoms with Crippen LogP contribution >= 0.6 is 12.4 Å². The molecule has 6 heteroatoms. The number of benzene rings is 2. The molecule has 1 aliphatic heterocycles. The van der Waals surface area contributed by atoms with Crippen molar-refractivity contribution in [3.8, 4) is 5.75 Å². The quantitative estimate of drug-likeness (QED) is 0.818. The molecule has 0 unspecified atom stereocenters. The Hall–Kier alpha value is -2.24. The number of rotatable bonds is 4. The number of halogens is 1. The fourth-order valence-corrected chi connectivity index (χ4v) is 3.19. The summed E-state index contributed by atoms with van der Waals surface area (Å²) in [6.07, 6.45) is 1.32. The minimum absolute atomic E-state index is 0. The van der Waals surface area contributed by atoms with Crippen molar-refractivity contribution in [2.45, 2.75) is 18.3 Å². The zero-order valence-corrected chi connectivity index (χ0v) is 15.0. The van der Waals surface area contributed by atoms with E-state index in [1.165, 1.54) is 0 Å². The highest BCUT2D eigenvalue weighted by Crippen LogP contribution is 2.36. The van der Waals surface area contributed by atoms with E-state index in [0.717, 1.165) is 5.56 Å². The molecule has 1 aliphatic rings. The molecule has 1 heterocycles. The minimum Gasteiger partial charge on any atom is -0.495 e. The van der Waals surface area contributed by atoms with Crippen molar-refractivity contribution in [1.82, 2.24) is 0 Å². The van der Waals surface area contributed by atoms with Crippen molar-refractivity contribution in [3.63, 3.8) is 0 Å². The summed E-state index contributed by atoms with van der Waals surface area (Å²) < 4.78 is 10.6. The number of carbonyl (C=O) groups is 1. The van der Waals surface area contributed by atoms with Gasteiger partial charge in [0, 0.05) is 18.9 Å². The van der Waals surface area contributed by atoms with Gasteiger partial charge in [-0.2, -0.15) is 0 Å². The van der Waals surface area contributed by atoms with E-state index in [2.05, 4.69) is 5.32 Å². The number of methoxy groups -OCH3 is 1. The van der Waals surface area contributed by atoms with Crippen molar-refractivity contribution < 1.29 is 14.3 Å². The second kappa shape index (κ2) is 8.23. The van der Waals surface area contributed by atoms with E-state index >= 15 is 0 Å². The summed E-state index contributed by atoms with van der Waals surface area (Å²) >= 11 is 0. The number of amides is 1. The Labute approximate surface area is 153 Å². The van der Waals surface area contributed by atoms with Gasteiger partial charge in [0.25, 0.3) is 0 Å². The Kier molecular flexibility index (Phi) is 6.28. The Morgan fingerprint density at radius 3 is 2.44 bits per heavy atom. The maximum absolute atomic E-state index is 13.1.